The smallest absolute Gasteiger partial charge is 0.399 e. The summed E-state index contributed by atoms with van der Waals surface area (Å²) in [6.07, 6.45) is 0. The first-order chi connectivity index (χ1) is 13.7. The van der Waals surface area contributed by atoms with E-state index >= 15 is 0 Å². The van der Waals surface area contributed by atoms with Gasteiger partial charge in [0.1, 0.15) is 0 Å². The third kappa shape index (κ3) is 4.30. The van der Waals surface area contributed by atoms with Crippen LogP contribution in [0, 0.1) is 6.92 Å². The summed E-state index contributed by atoms with van der Waals surface area (Å²) >= 11 is 0. The maximum atomic E-state index is 12.7. The fourth-order valence-electron chi connectivity index (χ4n) is 3.14. The van der Waals surface area contributed by atoms with E-state index < -0.39 is 7.12 Å². The van der Waals surface area contributed by atoms with E-state index in [0.717, 1.165) is 16.6 Å². The topological polar surface area (TPSA) is 77.7 Å². The zero-order valence-corrected chi connectivity index (χ0v) is 19.5. The van der Waals surface area contributed by atoms with Gasteiger partial charge in [-0.1, -0.05) is 44.1 Å². The van der Waals surface area contributed by atoms with Crippen LogP contribution in [0.5, 0.6) is 0 Å². The van der Waals surface area contributed by atoms with Crippen molar-refractivity contribution in [2.24, 2.45) is 0 Å². The molecule has 0 atom stereocenters. The summed E-state index contributed by atoms with van der Waals surface area (Å²) in [7, 11) is 1.33. The Balaban J connectivity index is 1.72. The quantitative estimate of drug-likeness (QED) is 0.717. The molecule has 8 heteroatoms. The number of rotatable bonds is 4. The molecule has 0 bridgehead atoms. The van der Waals surface area contributed by atoms with Crippen LogP contribution in [-0.2, 0) is 21.3 Å². The fourth-order valence-corrected chi connectivity index (χ4v) is 3.14. The molecular weight excluding hydrogens is 381 g/mol. The summed E-state index contributed by atoms with van der Waals surface area (Å²) in [5, 5.41) is 3.85. The lowest BCUT2D eigenvalue weighted by Crippen LogP contribution is -2.41. The number of nitrogens with zero attached hydrogens (tertiary/aromatic N) is 3. The Kier molecular flexibility index (Phi) is 5.62. The van der Waals surface area contributed by atoms with Crippen LogP contribution in [0.2, 0.25) is 0 Å². The Morgan fingerprint density at radius 2 is 1.73 bits per heavy atom. The van der Waals surface area contributed by atoms with Gasteiger partial charge < -0.3 is 18.7 Å². The normalized spacial score (nSPS) is 18.0. The summed E-state index contributed by atoms with van der Waals surface area (Å²) in [6.45, 7) is 16.5. The highest BCUT2D eigenvalue weighted by molar-refractivity contribution is 6.62. The standard InChI is InChI=1S/C22H32BN3O4/c1-14-12-16(23-29-21(5,6)22(7,8)30-23)11-10-15(14)13-26(9)18(27)17-24-19(28-25-17)20(2,3)4/h10-12H,13H2,1-9H3. The van der Waals surface area contributed by atoms with Crippen molar-refractivity contribution in [3.05, 3.63) is 41.0 Å². The molecule has 0 spiro atoms. The molecule has 1 aliphatic rings. The highest BCUT2D eigenvalue weighted by Crippen LogP contribution is 2.36. The summed E-state index contributed by atoms with van der Waals surface area (Å²) in [5.41, 5.74) is 2.00. The van der Waals surface area contributed by atoms with Gasteiger partial charge in [-0.15, -0.1) is 0 Å². The Bertz CT molecular complexity index is 930. The maximum absolute atomic E-state index is 12.7. The van der Waals surface area contributed by atoms with Crippen LogP contribution in [0.15, 0.2) is 22.7 Å². The average Bonchev–Trinajstić information content (AvgIpc) is 3.19. The van der Waals surface area contributed by atoms with Gasteiger partial charge in [-0.25, -0.2) is 0 Å². The molecule has 1 aromatic carbocycles. The van der Waals surface area contributed by atoms with Gasteiger partial charge in [0.15, 0.2) is 0 Å². The minimum absolute atomic E-state index is 0.0777. The molecule has 3 rings (SSSR count). The Labute approximate surface area is 179 Å². The predicted molar refractivity (Wildman–Crippen MR) is 116 cm³/mol. The average molecular weight is 413 g/mol. The largest absolute Gasteiger partial charge is 0.494 e. The number of hydrogen-bond acceptors (Lipinski definition) is 6. The molecule has 2 heterocycles. The fraction of sp³-hybridized carbons (Fsp3) is 0.591. The zero-order valence-electron chi connectivity index (χ0n) is 19.5. The lowest BCUT2D eigenvalue weighted by atomic mass is 9.78. The predicted octanol–water partition coefficient (Wildman–Crippen LogP) is 3.25. The Morgan fingerprint density at radius 1 is 1.13 bits per heavy atom. The van der Waals surface area contributed by atoms with Crippen molar-refractivity contribution in [1.29, 1.82) is 0 Å². The lowest BCUT2D eigenvalue weighted by molar-refractivity contribution is 0.00578. The van der Waals surface area contributed by atoms with Crippen molar-refractivity contribution in [3.63, 3.8) is 0 Å². The van der Waals surface area contributed by atoms with Crippen LogP contribution in [0.3, 0.4) is 0 Å². The SMILES string of the molecule is Cc1cc(B2OC(C)(C)C(C)(C)O2)ccc1CN(C)C(=O)c1noc(C(C)(C)C)n1. The number of amides is 1. The van der Waals surface area contributed by atoms with E-state index in [2.05, 4.69) is 16.2 Å². The first-order valence-electron chi connectivity index (χ1n) is 10.3. The highest BCUT2D eigenvalue weighted by Gasteiger charge is 2.51. The van der Waals surface area contributed by atoms with Gasteiger partial charge >= 0.3 is 7.12 Å². The molecule has 0 aliphatic carbocycles. The van der Waals surface area contributed by atoms with E-state index in [4.69, 9.17) is 13.8 Å². The molecule has 0 N–H and O–H groups in total. The third-order valence-corrected chi connectivity index (χ3v) is 5.91. The van der Waals surface area contributed by atoms with Gasteiger partial charge in [-0.3, -0.25) is 4.79 Å². The number of benzene rings is 1. The summed E-state index contributed by atoms with van der Waals surface area (Å²) < 4.78 is 17.5. The zero-order chi connectivity index (χ0) is 22.5. The monoisotopic (exact) mass is 413 g/mol. The van der Waals surface area contributed by atoms with Crippen LogP contribution < -0.4 is 5.46 Å². The van der Waals surface area contributed by atoms with Crippen molar-refractivity contribution in [2.75, 3.05) is 7.05 Å². The molecule has 0 unspecified atom stereocenters. The second-order valence-corrected chi connectivity index (χ2v) is 10.1. The van der Waals surface area contributed by atoms with E-state index in [1.54, 1.807) is 11.9 Å². The number of carbonyl (C=O) groups excluding carboxylic acids is 1. The van der Waals surface area contributed by atoms with Crippen LogP contribution in [0.1, 0.15) is 76.1 Å². The van der Waals surface area contributed by atoms with Crippen LogP contribution in [0.25, 0.3) is 0 Å². The van der Waals surface area contributed by atoms with Crippen LogP contribution >= 0.6 is 0 Å². The molecule has 0 saturated carbocycles. The molecule has 1 fully saturated rings. The van der Waals surface area contributed by atoms with Gasteiger partial charge in [-0.05, 0) is 51.2 Å². The van der Waals surface area contributed by atoms with Gasteiger partial charge in [0.25, 0.3) is 11.7 Å². The van der Waals surface area contributed by atoms with E-state index in [1.807, 2.05) is 67.5 Å². The molecule has 1 amide bonds. The lowest BCUT2D eigenvalue weighted by Gasteiger charge is -2.32. The Hall–Kier alpha value is -2.19. The summed E-state index contributed by atoms with van der Waals surface area (Å²) in [5.74, 6) is 0.250. The summed E-state index contributed by atoms with van der Waals surface area (Å²) in [6, 6.07) is 6.06. The highest BCUT2D eigenvalue weighted by atomic mass is 16.7. The van der Waals surface area contributed by atoms with Crippen LogP contribution in [-0.4, -0.2) is 46.3 Å². The van der Waals surface area contributed by atoms with Crippen molar-refractivity contribution < 1.29 is 18.6 Å². The van der Waals surface area contributed by atoms with Gasteiger partial charge in [0.05, 0.1) is 11.2 Å². The molecular formula is C22H32BN3O4. The number of hydrogen-bond donors (Lipinski definition) is 0. The van der Waals surface area contributed by atoms with E-state index in [0.29, 0.717) is 12.4 Å². The maximum Gasteiger partial charge on any atom is 0.494 e. The molecule has 1 saturated heterocycles. The minimum atomic E-state index is -0.405. The molecule has 7 nitrogen and oxygen atoms in total. The molecule has 1 aromatic heterocycles. The minimum Gasteiger partial charge on any atom is -0.399 e. The van der Waals surface area contributed by atoms with Crippen LogP contribution in [0.4, 0.5) is 0 Å². The molecule has 2 aromatic rings. The summed E-state index contributed by atoms with van der Waals surface area (Å²) in [4.78, 5) is 18.6. The van der Waals surface area contributed by atoms with Crippen molar-refractivity contribution >= 4 is 18.5 Å². The second-order valence-electron chi connectivity index (χ2n) is 10.1. The molecule has 0 radical (unpaired) electrons. The van der Waals surface area contributed by atoms with Gasteiger partial charge in [-0.2, -0.15) is 4.98 Å². The van der Waals surface area contributed by atoms with Crippen molar-refractivity contribution in [1.82, 2.24) is 15.0 Å². The van der Waals surface area contributed by atoms with Crippen molar-refractivity contribution in [2.45, 2.75) is 78.6 Å². The molecule has 162 valence electrons. The number of carbonyl (C=O) groups is 1. The third-order valence-electron chi connectivity index (χ3n) is 5.91. The first kappa shape index (κ1) is 22.5. The van der Waals surface area contributed by atoms with Crippen molar-refractivity contribution in [3.8, 4) is 0 Å². The van der Waals surface area contributed by atoms with E-state index in [-0.39, 0.29) is 28.3 Å². The molecule has 1 aliphatic heterocycles. The first-order valence-corrected chi connectivity index (χ1v) is 10.3. The number of aromatic nitrogens is 2. The van der Waals surface area contributed by atoms with E-state index in [9.17, 15) is 4.79 Å². The van der Waals surface area contributed by atoms with Gasteiger partial charge in [0, 0.05) is 19.0 Å². The Morgan fingerprint density at radius 3 is 2.23 bits per heavy atom. The number of aryl methyl sites for hydroxylation is 1. The second kappa shape index (κ2) is 7.50. The van der Waals surface area contributed by atoms with E-state index in [1.165, 1.54) is 0 Å². The molecule has 30 heavy (non-hydrogen) atoms. The van der Waals surface area contributed by atoms with Gasteiger partial charge in [0.2, 0.25) is 5.89 Å².